The third-order valence-electron chi connectivity index (χ3n) is 3.53. The van der Waals surface area contributed by atoms with Crippen molar-refractivity contribution in [1.82, 2.24) is 0 Å². The highest BCUT2D eigenvalue weighted by molar-refractivity contribution is 5.07. The van der Waals surface area contributed by atoms with Crippen LogP contribution in [0.3, 0.4) is 0 Å². The maximum atomic E-state index is 2.45. The van der Waals surface area contributed by atoms with Gasteiger partial charge in [-0.1, -0.05) is 48.6 Å². The van der Waals surface area contributed by atoms with Crippen molar-refractivity contribution < 1.29 is 0 Å². The lowest BCUT2D eigenvalue weighted by molar-refractivity contribution is 0.422. The van der Waals surface area contributed by atoms with E-state index in [4.69, 9.17) is 0 Å². The van der Waals surface area contributed by atoms with Crippen LogP contribution in [-0.2, 0) is 0 Å². The van der Waals surface area contributed by atoms with E-state index < -0.39 is 0 Å². The molecule has 0 nitrogen and oxygen atoms in total. The van der Waals surface area contributed by atoms with E-state index in [-0.39, 0.29) is 0 Å². The second-order valence-electron chi connectivity index (χ2n) is 4.75. The normalized spacial score (nSPS) is 30.5. The molecule has 2 unspecified atom stereocenters. The topological polar surface area (TPSA) is 0 Å². The van der Waals surface area contributed by atoms with Crippen LogP contribution in [0.15, 0.2) is 48.6 Å². The van der Waals surface area contributed by atoms with Crippen LogP contribution in [-0.4, -0.2) is 0 Å². The Morgan fingerprint density at radius 2 is 1.06 bits per heavy atom. The van der Waals surface area contributed by atoms with E-state index in [0.717, 1.165) is 24.7 Å². The summed E-state index contributed by atoms with van der Waals surface area (Å²) in [5.41, 5.74) is 0. The molecule has 0 fully saturated rings. The first-order chi connectivity index (χ1) is 7.97. The van der Waals surface area contributed by atoms with Gasteiger partial charge in [0.2, 0.25) is 0 Å². The van der Waals surface area contributed by atoms with Crippen molar-refractivity contribution in [3.63, 3.8) is 0 Å². The lowest BCUT2D eigenvalue weighted by Gasteiger charge is -2.22. The van der Waals surface area contributed by atoms with Crippen LogP contribution in [0, 0.1) is 11.8 Å². The summed E-state index contributed by atoms with van der Waals surface area (Å²) < 4.78 is 0. The van der Waals surface area contributed by atoms with Crippen LogP contribution in [0.2, 0.25) is 0 Å². The Hall–Kier alpha value is -1.04. The second-order valence-corrected chi connectivity index (χ2v) is 4.75. The van der Waals surface area contributed by atoms with Gasteiger partial charge in [-0.3, -0.25) is 0 Å². The van der Waals surface area contributed by atoms with Gasteiger partial charge in [0.25, 0.3) is 0 Å². The van der Waals surface area contributed by atoms with E-state index >= 15 is 0 Å². The molecule has 86 valence electrons. The minimum atomic E-state index is 0.757. The molecule has 0 heteroatoms. The number of hydrogen-bond donors (Lipinski definition) is 0. The number of rotatable bonds is 1. The van der Waals surface area contributed by atoms with Gasteiger partial charge in [-0.2, -0.15) is 0 Å². The fraction of sp³-hybridized carbons (Fsp3) is 0.500. The predicted molar refractivity (Wildman–Crippen MR) is 71.2 cm³/mol. The molecule has 2 rings (SSSR count). The molecule has 2 atom stereocenters. The minimum Gasteiger partial charge on any atom is -0.0882 e. The first-order valence-corrected chi connectivity index (χ1v) is 6.60. The number of hydrogen-bond acceptors (Lipinski definition) is 0. The highest BCUT2D eigenvalue weighted by Gasteiger charge is 2.16. The van der Waals surface area contributed by atoms with E-state index in [1.165, 1.54) is 25.7 Å². The average Bonchev–Trinajstić information content (AvgIpc) is 2.18. The van der Waals surface area contributed by atoms with Gasteiger partial charge in [0.1, 0.15) is 0 Å². The third kappa shape index (κ3) is 3.52. The molecule has 0 aliphatic heterocycles. The van der Waals surface area contributed by atoms with E-state index in [0.29, 0.717) is 0 Å². The van der Waals surface area contributed by atoms with Crippen LogP contribution in [0.4, 0.5) is 0 Å². The SMILES string of the molecule is C1=CCCC(C2C=CCC=CCC2)C=CC1. The summed E-state index contributed by atoms with van der Waals surface area (Å²) in [6.07, 6.45) is 26.2. The third-order valence-corrected chi connectivity index (χ3v) is 3.53. The molecule has 0 N–H and O–H groups in total. The van der Waals surface area contributed by atoms with E-state index in [2.05, 4.69) is 48.6 Å². The molecule has 0 amide bonds. The van der Waals surface area contributed by atoms with Crippen LogP contribution >= 0.6 is 0 Å². The van der Waals surface area contributed by atoms with Crippen molar-refractivity contribution in [2.45, 2.75) is 38.5 Å². The molecule has 0 radical (unpaired) electrons. The predicted octanol–water partition coefficient (Wildman–Crippen LogP) is 4.81. The van der Waals surface area contributed by atoms with Gasteiger partial charge in [-0.15, -0.1) is 0 Å². The zero-order chi connectivity index (χ0) is 11.1. The molecular formula is C16H22. The molecule has 16 heavy (non-hydrogen) atoms. The molecule has 0 bridgehead atoms. The summed E-state index contributed by atoms with van der Waals surface area (Å²) in [5, 5.41) is 0. The Kier molecular flexibility index (Phi) is 4.67. The summed E-state index contributed by atoms with van der Waals surface area (Å²) in [4.78, 5) is 0. The average molecular weight is 214 g/mol. The standard InChI is InChI=1S/C16H22/c1-3-7-11-15(12-8-4-1)16-13-9-5-2-6-10-14-16/h1-3,5,8,10,12,14-16H,4,6-7,9,11,13H2. The molecule has 0 aromatic rings. The van der Waals surface area contributed by atoms with Gasteiger partial charge >= 0.3 is 0 Å². The van der Waals surface area contributed by atoms with Crippen molar-refractivity contribution in [2.75, 3.05) is 0 Å². The van der Waals surface area contributed by atoms with Crippen LogP contribution in [0.25, 0.3) is 0 Å². The highest BCUT2D eigenvalue weighted by Crippen LogP contribution is 2.28. The van der Waals surface area contributed by atoms with Gasteiger partial charge < -0.3 is 0 Å². The lowest BCUT2D eigenvalue weighted by Crippen LogP contribution is -2.11. The number of allylic oxidation sites excluding steroid dienone is 8. The summed E-state index contributed by atoms with van der Waals surface area (Å²) in [5.74, 6) is 1.51. The Bertz CT molecular complexity index is 272. The van der Waals surface area contributed by atoms with Crippen molar-refractivity contribution >= 4 is 0 Å². The van der Waals surface area contributed by atoms with Gasteiger partial charge in [0.05, 0.1) is 0 Å². The van der Waals surface area contributed by atoms with Crippen LogP contribution < -0.4 is 0 Å². The van der Waals surface area contributed by atoms with Crippen molar-refractivity contribution in [3.05, 3.63) is 48.6 Å². The largest absolute Gasteiger partial charge is 0.0882 e. The fourth-order valence-electron chi connectivity index (χ4n) is 2.58. The van der Waals surface area contributed by atoms with Gasteiger partial charge in [-0.05, 0) is 50.4 Å². The maximum absolute atomic E-state index is 2.45. The summed E-state index contributed by atoms with van der Waals surface area (Å²) >= 11 is 0. The first kappa shape index (κ1) is 11.4. The quantitative estimate of drug-likeness (QED) is 0.549. The highest BCUT2D eigenvalue weighted by atomic mass is 14.2. The van der Waals surface area contributed by atoms with E-state index in [9.17, 15) is 0 Å². The Labute approximate surface area is 99.4 Å². The molecule has 0 saturated carbocycles. The van der Waals surface area contributed by atoms with Crippen LogP contribution in [0.5, 0.6) is 0 Å². The minimum absolute atomic E-state index is 0.757. The molecule has 0 saturated heterocycles. The molecule has 0 aromatic carbocycles. The van der Waals surface area contributed by atoms with Gasteiger partial charge in [0.15, 0.2) is 0 Å². The van der Waals surface area contributed by atoms with Crippen molar-refractivity contribution in [3.8, 4) is 0 Å². The molecule has 0 spiro atoms. The lowest BCUT2D eigenvalue weighted by atomic mass is 9.83. The Balaban J connectivity index is 1.98. The maximum Gasteiger partial charge on any atom is -0.0167 e. The zero-order valence-electron chi connectivity index (χ0n) is 10.0. The summed E-state index contributed by atoms with van der Waals surface area (Å²) in [7, 11) is 0. The second kappa shape index (κ2) is 6.52. The molecule has 0 heterocycles. The Morgan fingerprint density at radius 3 is 1.56 bits per heavy atom. The van der Waals surface area contributed by atoms with Crippen molar-refractivity contribution in [1.29, 1.82) is 0 Å². The molecule has 0 aromatic heterocycles. The molecular weight excluding hydrogens is 192 g/mol. The monoisotopic (exact) mass is 214 g/mol. The Morgan fingerprint density at radius 1 is 0.562 bits per heavy atom. The fourth-order valence-corrected chi connectivity index (χ4v) is 2.58. The van der Waals surface area contributed by atoms with E-state index in [1.807, 2.05) is 0 Å². The smallest absolute Gasteiger partial charge is 0.0167 e. The zero-order valence-corrected chi connectivity index (χ0v) is 10.0. The van der Waals surface area contributed by atoms with Gasteiger partial charge in [0, 0.05) is 0 Å². The van der Waals surface area contributed by atoms with E-state index in [1.54, 1.807) is 0 Å². The van der Waals surface area contributed by atoms with Crippen LogP contribution in [0.1, 0.15) is 38.5 Å². The van der Waals surface area contributed by atoms with Gasteiger partial charge in [-0.25, -0.2) is 0 Å². The molecule has 2 aliphatic carbocycles. The first-order valence-electron chi connectivity index (χ1n) is 6.60. The molecule has 2 aliphatic rings. The van der Waals surface area contributed by atoms with Crippen molar-refractivity contribution in [2.24, 2.45) is 11.8 Å². The summed E-state index contributed by atoms with van der Waals surface area (Å²) in [6.45, 7) is 0. The summed E-state index contributed by atoms with van der Waals surface area (Å²) in [6, 6.07) is 0.